The number of thiophene rings is 1. The highest BCUT2D eigenvalue weighted by Crippen LogP contribution is 2.36. The zero-order chi connectivity index (χ0) is 17.4. The molecule has 3 heterocycles. The molecule has 1 atom stereocenters. The molecule has 2 N–H and O–H groups in total. The molecule has 1 fully saturated rings. The van der Waals surface area contributed by atoms with E-state index in [-0.39, 0.29) is 11.5 Å². The monoisotopic (exact) mass is 357 g/mol. The maximum atomic E-state index is 13.2. The van der Waals surface area contributed by atoms with Gasteiger partial charge >= 0.3 is 0 Å². The van der Waals surface area contributed by atoms with E-state index in [1.54, 1.807) is 12.1 Å². The van der Waals surface area contributed by atoms with Gasteiger partial charge in [0.25, 0.3) is 5.91 Å². The van der Waals surface area contributed by atoms with Crippen LogP contribution in [0.25, 0.3) is 20.5 Å². The first-order valence-corrected chi connectivity index (χ1v) is 8.86. The average molecular weight is 357 g/mol. The van der Waals surface area contributed by atoms with Gasteiger partial charge in [-0.25, -0.2) is 4.39 Å². The molecule has 3 aromatic rings. The highest BCUT2D eigenvalue weighted by atomic mass is 32.1. The normalized spacial score (nSPS) is 17.2. The van der Waals surface area contributed by atoms with Crippen LogP contribution in [-0.4, -0.2) is 29.3 Å². The first-order chi connectivity index (χ1) is 12.1. The number of amides is 1. The van der Waals surface area contributed by atoms with E-state index < -0.39 is 5.91 Å². The van der Waals surface area contributed by atoms with E-state index in [2.05, 4.69) is 10.2 Å². The van der Waals surface area contributed by atoms with Gasteiger partial charge in [0.2, 0.25) is 0 Å². The molecule has 7 heteroatoms. The highest BCUT2D eigenvalue weighted by Gasteiger charge is 2.22. The Balaban J connectivity index is 1.82. The maximum Gasteiger partial charge on any atom is 0.270 e. The Morgan fingerprint density at radius 2 is 2.12 bits per heavy atom. The lowest BCUT2D eigenvalue weighted by Gasteiger charge is -2.08. The fraction of sp³-hybridized carbons (Fsp3) is 0.278. The molecule has 1 aliphatic heterocycles. The minimum atomic E-state index is -0.597. The number of fused-ring (bicyclic) bond motifs is 1. The van der Waals surface area contributed by atoms with Crippen LogP contribution in [0.1, 0.15) is 22.6 Å². The van der Waals surface area contributed by atoms with E-state index in [9.17, 15) is 9.18 Å². The number of benzene rings is 1. The number of nitrogens with zero attached hydrogens (tertiary/aromatic N) is 2. The van der Waals surface area contributed by atoms with Crippen molar-refractivity contribution >= 4 is 27.3 Å². The Hall–Kier alpha value is -2.38. The number of carbonyl (C=O) groups is 1. The fourth-order valence-electron chi connectivity index (χ4n) is 3.08. The summed E-state index contributed by atoms with van der Waals surface area (Å²) in [7, 11) is 0. The van der Waals surface area contributed by atoms with Crippen molar-refractivity contribution in [1.82, 2.24) is 10.2 Å². The molecular weight excluding hydrogens is 341 g/mol. The molecule has 1 unspecified atom stereocenters. The van der Waals surface area contributed by atoms with E-state index in [0.29, 0.717) is 5.92 Å². The van der Waals surface area contributed by atoms with Crippen molar-refractivity contribution in [1.29, 1.82) is 0 Å². The number of hydrogen-bond acceptors (Lipinski definition) is 5. The molecule has 0 spiro atoms. The molecule has 0 radical (unpaired) electrons. The molecule has 1 saturated heterocycles. The molecular formula is C18H16FN3O2S. The van der Waals surface area contributed by atoms with Crippen LogP contribution in [0.4, 0.5) is 4.39 Å². The van der Waals surface area contributed by atoms with Crippen molar-refractivity contribution < 1.29 is 13.9 Å². The van der Waals surface area contributed by atoms with Crippen molar-refractivity contribution in [3.63, 3.8) is 0 Å². The summed E-state index contributed by atoms with van der Waals surface area (Å²) >= 11 is 1.43. The van der Waals surface area contributed by atoms with Crippen molar-refractivity contribution in [2.45, 2.75) is 12.8 Å². The topological polar surface area (TPSA) is 78.1 Å². The van der Waals surface area contributed by atoms with Crippen molar-refractivity contribution in [2.75, 3.05) is 13.2 Å². The lowest BCUT2D eigenvalue weighted by molar-refractivity contribution is 0.0996. The molecule has 1 amide bonds. The molecule has 5 nitrogen and oxygen atoms in total. The van der Waals surface area contributed by atoms with Gasteiger partial charge in [0, 0.05) is 23.5 Å². The highest BCUT2D eigenvalue weighted by molar-refractivity contribution is 7.22. The number of nitrogens with two attached hydrogens (primary N) is 1. The summed E-state index contributed by atoms with van der Waals surface area (Å²) < 4.78 is 19.3. The number of primary amides is 1. The maximum absolute atomic E-state index is 13.2. The Morgan fingerprint density at radius 1 is 1.32 bits per heavy atom. The van der Waals surface area contributed by atoms with Crippen LogP contribution in [0.2, 0.25) is 0 Å². The molecule has 0 aliphatic carbocycles. The second kappa shape index (κ2) is 6.50. The molecule has 1 aliphatic rings. The largest absolute Gasteiger partial charge is 0.381 e. The van der Waals surface area contributed by atoms with Crippen LogP contribution in [0.15, 0.2) is 30.3 Å². The van der Waals surface area contributed by atoms with Crippen LogP contribution in [0.5, 0.6) is 0 Å². The quantitative estimate of drug-likeness (QED) is 0.778. The van der Waals surface area contributed by atoms with Crippen LogP contribution in [0, 0.1) is 11.7 Å². The predicted octanol–water partition coefficient (Wildman–Crippen LogP) is 3.18. The second-order valence-electron chi connectivity index (χ2n) is 6.15. The standard InChI is InChI=1S/C18H16FN3O2S/c19-12-3-1-11(2-4-12)15-8-13-14(7-10-5-6-24-9-10)21-22-16(18(20)23)17(13)25-15/h1-4,8,10H,5-7,9H2,(H2,20,23). The van der Waals surface area contributed by atoms with E-state index >= 15 is 0 Å². The van der Waals surface area contributed by atoms with Gasteiger partial charge in [-0.05, 0) is 42.5 Å². The molecule has 0 bridgehead atoms. The summed E-state index contributed by atoms with van der Waals surface area (Å²) in [6.45, 7) is 1.49. The van der Waals surface area contributed by atoms with Crippen LogP contribution < -0.4 is 5.73 Å². The summed E-state index contributed by atoms with van der Waals surface area (Å²) in [5.74, 6) is -0.472. The predicted molar refractivity (Wildman–Crippen MR) is 94.0 cm³/mol. The summed E-state index contributed by atoms with van der Waals surface area (Å²) in [4.78, 5) is 12.6. The Bertz CT molecular complexity index is 933. The Morgan fingerprint density at radius 3 is 2.80 bits per heavy atom. The van der Waals surface area contributed by atoms with E-state index in [1.165, 1.54) is 23.5 Å². The van der Waals surface area contributed by atoms with Crippen LogP contribution in [0.3, 0.4) is 0 Å². The number of rotatable bonds is 4. The van der Waals surface area contributed by atoms with Crippen LogP contribution in [-0.2, 0) is 11.2 Å². The molecule has 4 rings (SSSR count). The number of ether oxygens (including phenoxy) is 1. The summed E-state index contributed by atoms with van der Waals surface area (Å²) in [6.07, 6.45) is 1.75. The number of carbonyl (C=O) groups excluding carboxylic acids is 1. The van der Waals surface area contributed by atoms with E-state index in [0.717, 1.165) is 52.3 Å². The van der Waals surface area contributed by atoms with Crippen molar-refractivity contribution in [3.8, 4) is 10.4 Å². The van der Waals surface area contributed by atoms with Gasteiger partial charge in [0.05, 0.1) is 10.4 Å². The molecule has 2 aromatic heterocycles. The Labute approximate surface area is 147 Å². The first kappa shape index (κ1) is 16.1. The fourth-order valence-corrected chi connectivity index (χ4v) is 4.25. The van der Waals surface area contributed by atoms with Gasteiger partial charge < -0.3 is 10.5 Å². The Kier molecular flexibility index (Phi) is 4.19. The minimum absolute atomic E-state index is 0.180. The zero-order valence-electron chi connectivity index (χ0n) is 13.4. The number of aromatic nitrogens is 2. The second-order valence-corrected chi connectivity index (χ2v) is 7.21. The van der Waals surface area contributed by atoms with Crippen LogP contribution >= 0.6 is 11.3 Å². The van der Waals surface area contributed by atoms with Crippen molar-refractivity contribution in [2.24, 2.45) is 11.7 Å². The van der Waals surface area contributed by atoms with Gasteiger partial charge in [-0.2, -0.15) is 5.10 Å². The average Bonchev–Trinajstić information content (AvgIpc) is 3.25. The van der Waals surface area contributed by atoms with E-state index in [1.807, 2.05) is 6.07 Å². The summed E-state index contributed by atoms with van der Waals surface area (Å²) in [5.41, 5.74) is 7.37. The van der Waals surface area contributed by atoms with Gasteiger partial charge in [-0.1, -0.05) is 12.1 Å². The molecule has 128 valence electrons. The number of halogens is 1. The molecule has 25 heavy (non-hydrogen) atoms. The smallest absolute Gasteiger partial charge is 0.270 e. The van der Waals surface area contributed by atoms with Crippen molar-refractivity contribution in [3.05, 3.63) is 47.5 Å². The molecule has 1 aromatic carbocycles. The third-order valence-corrected chi connectivity index (χ3v) is 5.59. The van der Waals surface area contributed by atoms with Gasteiger partial charge in [0.15, 0.2) is 5.69 Å². The third kappa shape index (κ3) is 3.12. The SMILES string of the molecule is NC(=O)c1nnc(CC2CCOC2)c2cc(-c3ccc(F)cc3)sc12. The van der Waals surface area contributed by atoms with Gasteiger partial charge in [0.1, 0.15) is 5.82 Å². The van der Waals surface area contributed by atoms with Gasteiger partial charge in [-0.15, -0.1) is 16.4 Å². The summed E-state index contributed by atoms with van der Waals surface area (Å²) in [6, 6.07) is 8.26. The lowest BCUT2D eigenvalue weighted by Crippen LogP contribution is -2.15. The zero-order valence-corrected chi connectivity index (χ0v) is 14.2. The first-order valence-electron chi connectivity index (χ1n) is 8.04. The van der Waals surface area contributed by atoms with Gasteiger partial charge in [-0.3, -0.25) is 4.79 Å². The summed E-state index contributed by atoms with van der Waals surface area (Å²) in [5, 5.41) is 9.20. The third-order valence-electron chi connectivity index (χ3n) is 4.40. The molecule has 0 saturated carbocycles. The minimum Gasteiger partial charge on any atom is -0.381 e. The number of hydrogen-bond donors (Lipinski definition) is 1. The lowest BCUT2D eigenvalue weighted by atomic mass is 10.0. The van der Waals surface area contributed by atoms with E-state index in [4.69, 9.17) is 10.5 Å².